The van der Waals surface area contributed by atoms with Gasteiger partial charge in [-0.3, -0.25) is 10.1 Å². The van der Waals surface area contributed by atoms with E-state index in [1.54, 1.807) is 0 Å². The van der Waals surface area contributed by atoms with Crippen molar-refractivity contribution in [2.75, 3.05) is 5.75 Å². The van der Waals surface area contributed by atoms with Crippen LogP contribution < -0.4 is 10.6 Å². The highest BCUT2D eigenvalue weighted by Gasteiger charge is 2.15. The number of hydrogen-bond acceptors (Lipinski definition) is 5. The number of nitrogens with zero attached hydrogens (tertiary/aromatic N) is 3. The van der Waals surface area contributed by atoms with E-state index in [9.17, 15) is 9.59 Å². The molecule has 1 aromatic carbocycles. The van der Waals surface area contributed by atoms with E-state index in [4.69, 9.17) is 0 Å². The van der Waals surface area contributed by atoms with Crippen LogP contribution in [0.15, 0.2) is 35.5 Å². The van der Waals surface area contributed by atoms with Crippen LogP contribution in [0.2, 0.25) is 0 Å². The van der Waals surface area contributed by atoms with Crippen LogP contribution in [0, 0.1) is 0 Å². The first kappa shape index (κ1) is 19.0. The van der Waals surface area contributed by atoms with Crippen LogP contribution in [0.1, 0.15) is 27.2 Å². The van der Waals surface area contributed by atoms with Crippen LogP contribution in [0.5, 0.6) is 0 Å². The quantitative estimate of drug-likeness (QED) is 0.740. The van der Waals surface area contributed by atoms with E-state index in [0.717, 1.165) is 17.8 Å². The summed E-state index contributed by atoms with van der Waals surface area (Å²) in [5.41, 5.74) is 0.973. The van der Waals surface area contributed by atoms with Gasteiger partial charge in [-0.2, -0.15) is 0 Å². The molecule has 0 aliphatic rings. The lowest BCUT2D eigenvalue weighted by atomic mass is 10.2. The molecular weight excluding hydrogens is 338 g/mol. The molecule has 0 saturated heterocycles. The molecule has 25 heavy (non-hydrogen) atoms. The molecule has 8 heteroatoms. The number of thioether (sulfide) groups is 1. The van der Waals surface area contributed by atoms with Gasteiger partial charge in [-0.1, -0.05) is 49.0 Å². The van der Waals surface area contributed by atoms with Crippen molar-refractivity contribution >= 4 is 23.7 Å². The average Bonchev–Trinajstić information content (AvgIpc) is 3.03. The molecule has 3 amide bonds. The van der Waals surface area contributed by atoms with E-state index in [1.807, 2.05) is 55.7 Å². The molecule has 0 spiro atoms. The van der Waals surface area contributed by atoms with Gasteiger partial charge in [0.15, 0.2) is 11.0 Å². The SMILES string of the molecule is CC[C@@H](C)NC(=O)NC(=O)CSc1nnc(-c2ccccc2)n1CC. The van der Waals surface area contributed by atoms with Gasteiger partial charge >= 0.3 is 6.03 Å². The van der Waals surface area contributed by atoms with Crippen LogP contribution in [-0.2, 0) is 11.3 Å². The Balaban J connectivity index is 1.96. The highest BCUT2D eigenvalue weighted by atomic mass is 32.2. The molecule has 0 bridgehead atoms. The molecule has 2 rings (SSSR count). The maximum atomic E-state index is 11.9. The lowest BCUT2D eigenvalue weighted by Gasteiger charge is -2.11. The third-order valence-corrected chi connectivity index (χ3v) is 4.61. The summed E-state index contributed by atoms with van der Waals surface area (Å²) in [7, 11) is 0. The smallest absolute Gasteiger partial charge is 0.321 e. The third-order valence-electron chi connectivity index (χ3n) is 3.64. The number of carbonyl (C=O) groups is 2. The first-order valence-electron chi connectivity index (χ1n) is 8.26. The summed E-state index contributed by atoms with van der Waals surface area (Å²) in [6.45, 7) is 6.54. The summed E-state index contributed by atoms with van der Waals surface area (Å²) >= 11 is 1.26. The Labute approximate surface area is 151 Å². The van der Waals surface area contributed by atoms with Gasteiger partial charge in [-0.25, -0.2) is 4.79 Å². The fourth-order valence-corrected chi connectivity index (χ4v) is 2.94. The molecule has 1 heterocycles. The van der Waals surface area contributed by atoms with Crippen molar-refractivity contribution in [1.82, 2.24) is 25.4 Å². The maximum Gasteiger partial charge on any atom is 0.321 e. The zero-order valence-electron chi connectivity index (χ0n) is 14.7. The fourth-order valence-electron chi connectivity index (χ4n) is 2.14. The van der Waals surface area contributed by atoms with Crippen LogP contribution in [-0.4, -0.2) is 38.5 Å². The van der Waals surface area contributed by atoms with E-state index in [-0.39, 0.29) is 17.7 Å². The van der Waals surface area contributed by atoms with Crippen LogP contribution in [0.3, 0.4) is 0 Å². The van der Waals surface area contributed by atoms with E-state index < -0.39 is 6.03 Å². The second-order valence-corrected chi connectivity index (χ2v) is 6.48. The number of carbonyl (C=O) groups excluding carboxylic acids is 2. The predicted molar refractivity (Wildman–Crippen MR) is 98.3 cm³/mol. The zero-order valence-corrected chi connectivity index (χ0v) is 15.5. The van der Waals surface area contributed by atoms with E-state index in [2.05, 4.69) is 20.8 Å². The molecule has 2 aromatic rings. The summed E-state index contributed by atoms with van der Waals surface area (Å²) in [6, 6.07) is 9.33. The summed E-state index contributed by atoms with van der Waals surface area (Å²) in [4.78, 5) is 23.6. The molecule has 0 saturated carbocycles. The van der Waals surface area contributed by atoms with Crippen LogP contribution >= 0.6 is 11.8 Å². The largest absolute Gasteiger partial charge is 0.335 e. The van der Waals surface area contributed by atoms with Crippen LogP contribution in [0.25, 0.3) is 11.4 Å². The van der Waals surface area contributed by atoms with Gasteiger partial charge in [0, 0.05) is 18.2 Å². The van der Waals surface area contributed by atoms with Gasteiger partial charge < -0.3 is 9.88 Å². The Morgan fingerprint density at radius 2 is 1.92 bits per heavy atom. The van der Waals surface area contributed by atoms with Crippen molar-refractivity contribution in [3.63, 3.8) is 0 Å². The van der Waals surface area contributed by atoms with Gasteiger partial charge in [-0.05, 0) is 20.3 Å². The Bertz CT molecular complexity index is 717. The summed E-state index contributed by atoms with van der Waals surface area (Å²) < 4.78 is 1.95. The van der Waals surface area contributed by atoms with Gasteiger partial charge in [-0.15, -0.1) is 10.2 Å². The Morgan fingerprint density at radius 1 is 1.20 bits per heavy atom. The lowest BCUT2D eigenvalue weighted by molar-refractivity contribution is -0.117. The number of amides is 3. The van der Waals surface area contributed by atoms with Gasteiger partial charge in [0.05, 0.1) is 5.75 Å². The van der Waals surface area contributed by atoms with E-state index in [1.165, 1.54) is 11.8 Å². The molecule has 0 aliphatic heterocycles. The second kappa shape index (κ2) is 9.22. The number of aromatic nitrogens is 3. The van der Waals surface area contributed by atoms with Gasteiger partial charge in [0.25, 0.3) is 0 Å². The Kier molecular flexibility index (Phi) is 7.00. The molecule has 2 N–H and O–H groups in total. The minimum Gasteiger partial charge on any atom is -0.335 e. The fraction of sp³-hybridized carbons (Fsp3) is 0.412. The highest BCUT2D eigenvalue weighted by molar-refractivity contribution is 7.99. The van der Waals surface area contributed by atoms with Crippen molar-refractivity contribution in [3.8, 4) is 11.4 Å². The predicted octanol–water partition coefficient (Wildman–Crippen LogP) is 2.68. The van der Waals surface area contributed by atoms with Crippen molar-refractivity contribution < 1.29 is 9.59 Å². The summed E-state index contributed by atoms with van der Waals surface area (Å²) in [5, 5.41) is 14.1. The van der Waals surface area contributed by atoms with E-state index >= 15 is 0 Å². The molecule has 134 valence electrons. The lowest BCUT2D eigenvalue weighted by Crippen LogP contribution is -2.43. The van der Waals surface area contributed by atoms with Crippen molar-refractivity contribution in [1.29, 1.82) is 0 Å². The molecule has 0 fully saturated rings. The van der Waals surface area contributed by atoms with Crippen LogP contribution in [0.4, 0.5) is 4.79 Å². The molecule has 0 unspecified atom stereocenters. The topological polar surface area (TPSA) is 88.9 Å². The first-order valence-corrected chi connectivity index (χ1v) is 9.25. The number of nitrogens with one attached hydrogen (secondary N) is 2. The monoisotopic (exact) mass is 361 g/mol. The van der Waals surface area contributed by atoms with Gasteiger partial charge in [0.1, 0.15) is 0 Å². The Hall–Kier alpha value is -2.35. The zero-order chi connectivity index (χ0) is 18.2. The van der Waals surface area contributed by atoms with E-state index in [0.29, 0.717) is 11.7 Å². The first-order chi connectivity index (χ1) is 12.0. The Morgan fingerprint density at radius 3 is 2.56 bits per heavy atom. The number of benzene rings is 1. The summed E-state index contributed by atoms with van der Waals surface area (Å²) in [5.74, 6) is 0.499. The highest BCUT2D eigenvalue weighted by Crippen LogP contribution is 2.23. The minimum atomic E-state index is -0.470. The van der Waals surface area contributed by atoms with Gasteiger partial charge in [0.2, 0.25) is 5.91 Å². The number of hydrogen-bond donors (Lipinski definition) is 2. The average molecular weight is 361 g/mol. The normalized spacial score (nSPS) is 11.8. The number of urea groups is 1. The standard InChI is InChI=1S/C17H23N5O2S/c1-4-12(3)18-16(24)19-14(23)11-25-17-21-20-15(22(17)5-2)13-9-7-6-8-10-13/h6-10,12H,4-5,11H2,1-3H3,(H2,18,19,23,24)/t12-/m1/s1. The molecule has 0 aliphatic carbocycles. The molecule has 1 aromatic heterocycles. The molecule has 0 radical (unpaired) electrons. The molecule has 1 atom stereocenters. The maximum absolute atomic E-state index is 11.9. The second-order valence-electron chi connectivity index (χ2n) is 5.54. The number of imide groups is 1. The molecular formula is C17H23N5O2S. The number of rotatable bonds is 7. The summed E-state index contributed by atoms with van der Waals surface area (Å²) in [6.07, 6.45) is 0.804. The van der Waals surface area contributed by atoms with Crippen molar-refractivity contribution in [2.45, 2.75) is 44.9 Å². The van der Waals surface area contributed by atoms with Crippen molar-refractivity contribution in [3.05, 3.63) is 30.3 Å². The van der Waals surface area contributed by atoms with Crippen molar-refractivity contribution in [2.24, 2.45) is 0 Å². The minimum absolute atomic E-state index is 0.0251. The molecule has 7 nitrogen and oxygen atoms in total. The third kappa shape index (κ3) is 5.32.